The van der Waals surface area contributed by atoms with Crippen LogP contribution in [0.3, 0.4) is 0 Å². The van der Waals surface area contributed by atoms with Gasteiger partial charge in [-0.3, -0.25) is 14.9 Å². The summed E-state index contributed by atoms with van der Waals surface area (Å²) in [6, 6.07) is 4.07. The summed E-state index contributed by atoms with van der Waals surface area (Å²) in [5, 5.41) is 19.7. The number of nitrogens with two attached hydrogens (primary N) is 1. The highest BCUT2D eigenvalue weighted by atomic mass is 16.7. The van der Waals surface area contributed by atoms with E-state index in [2.05, 4.69) is 0 Å². The number of hydrogen-bond donors (Lipinski definition) is 1. The first-order valence-electron chi connectivity index (χ1n) is 5.02. The molecular weight excluding hydrogens is 254 g/mol. The van der Waals surface area contributed by atoms with Crippen LogP contribution in [0.1, 0.15) is 5.56 Å². The van der Waals surface area contributed by atoms with Crippen LogP contribution in [0.15, 0.2) is 17.7 Å². The predicted octanol–water partition coefficient (Wildman–Crippen LogP) is 0.716. The molecule has 0 saturated heterocycles. The van der Waals surface area contributed by atoms with Gasteiger partial charge in [0.25, 0.3) is 11.6 Å². The zero-order chi connectivity index (χ0) is 14.0. The topological polar surface area (TPSA) is 128 Å². The van der Waals surface area contributed by atoms with Gasteiger partial charge in [0.05, 0.1) is 16.6 Å². The molecule has 0 aliphatic carbocycles. The second-order valence-electron chi connectivity index (χ2n) is 3.56. The van der Waals surface area contributed by atoms with E-state index in [1.54, 1.807) is 6.07 Å². The average molecular weight is 261 g/mol. The minimum Gasteiger partial charge on any atom is -0.454 e. The van der Waals surface area contributed by atoms with Gasteiger partial charge in [-0.1, -0.05) is 0 Å². The van der Waals surface area contributed by atoms with Gasteiger partial charge in [-0.05, 0) is 12.1 Å². The number of ether oxygens (including phenoxy) is 2. The number of nitro groups is 1. The van der Waals surface area contributed by atoms with E-state index in [4.69, 9.17) is 20.5 Å². The van der Waals surface area contributed by atoms with Gasteiger partial charge in [-0.2, -0.15) is 5.26 Å². The molecule has 0 saturated carbocycles. The minimum atomic E-state index is -0.963. The summed E-state index contributed by atoms with van der Waals surface area (Å²) in [6.45, 7) is -0.0411. The molecule has 8 heteroatoms. The summed E-state index contributed by atoms with van der Waals surface area (Å²) in [5.74, 6) is -0.422. The van der Waals surface area contributed by atoms with Crippen molar-refractivity contribution in [2.45, 2.75) is 0 Å². The number of benzene rings is 1. The third-order valence-electron chi connectivity index (χ3n) is 2.40. The molecule has 1 aliphatic heterocycles. The fourth-order valence-electron chi connectivity index (χ4n) is 1.53. The van der Waals surface area contributed by atoms with Gasteiger partial charge in [0.1, 0.15) is 11.6 Å². The number of amides is 1. The van der Waals surface area contributed by atoms with Crippen LogP contribution in [0.2, 0.25) is 0 Å². The molecule has 19 heavy (non-hydrogen) atoms. The van der Waals surface area contributed by atoms with E-state index in [1.807, 2.05) is 0 Å². The molecule has 1 amide bonds. The van der Waals surface area contributed by atoms with E-state index in [-0.39, 0.29) is 29.4 Å². The van der Waals surface area contributed by atoms with Gasteiger partial charge in [0.2, 0.25) is 6.79 Å². The molecule has 1 heterocycles. The number of carbonyl (C=O) groups is 1. The van der Waals surface area contributed by atoms with Crippen molar-refractivity contribution < 1.29 is 19.2 Å². The number of hydrogen-bond acceptors (Lipinski definition) is 6. The number of primary amides is 1. The standard InChI is InChI=1S/C11H7N3O5/c12-4-7(11(13)15)1-6-2-9-10(19-5-18-9)3-8(6)14(16)17/h1-3H,5H2,(H2,13,15)/b7-1-. The number of nitriles is 1. The molecule has 0 radical (unpaired) electrons. The van der Waals surface area contributed by atoms with Crippen molar-refractivity contribution in [2.75, 3.05) is 6.79 Å². The number of carbonyl (C=O) groups excluding carboxylic acids is 1. The van der Waals surface area contributed by atoms with Crippen LogP contribution < -0.4 is 15.2 Å². The van der Waals surface area contributed by atoms with Crippen molar-refractivity contribution in [3.63, 3.8) is 0 Å². The Balaban J connectivity index is 2.59. The Bertz CT molecular complexity index is 644. The summed E-state index contributed by atoms with van der Waals surface area (Å²) in [5.41, 5.74) is 4.33. The fourth-order valence-corrected chi connectivity index (χ4v) is 1.53. The van der Waals surface area contributed by atoms with Crippen LogP contribution in [0.5, 0.6) is 11.5 Å². The molecule has 2 rings (SSSR count). The third-order valence-corrected chi connectivity index (χ3v) is 2.40. The maximum Gasteiger partial charge on any atom is 0.280 e. The molecular formula is C11H7N3O5. The van der Waals surface area contributed by atoms with Crippen molar-refractivity contribution in [1.82, 2.24) is 0 Å². The smallest absolute Gasteiger partial charge is 0.280 e. The predicted molar refractivity (Wildman–Crippen MR) is 62.0 cm³/mol. The molecule has 1 aromatic rings. The number of nitrogens with zero attached hydrogens (tertiary/aromatic N) is 2. The van der Waals surface area contributed by atoms with E-state index >= 15 is 0 Å². The minimum absolute atomic E-state index is 0.0411. The van der Waals surface area contributed by atoms with Gasteiger partial charge < -0.3 is 15.2 Å². The lowest BCUT2D eigenvalue weighted by atomic mass is 10.1. The van der Waals surface area contributed by atoms with Gasteiger partial charge in [-0.25, -0.2) is 0 Å². The highest BCUT2D eigenvalue weighted by Gasteiger charge is 2.23. The van der Waals surface area contributed by atoms with E-state index in [1.165, 1.54) is 12.1 Å². The van der Waals surface area contributed by atoms with Gasteiger partial charge in [0.15, 0.2) is 11.5 Å². The fraction of sp³-hybridized carbons (Fsp3) is 0.0909. The molecule has 0 spiro atoms. The summed E-state index contributed by atoms with van der Waals surface area (Å²) >= 11 is 0. The maximum absolute atomic E-state index is 11.0. The monoisotopic (exact) mass is 261 g/mol. The Morgan fingerprint density at radius 3 is 2.63 bits per heavy atom. The lowest BCUT2D eigenvalue weighted by Crippen LogP contribution is -2.12. The molecule has 0 fully saturated rings. The first kappa shape index (κ1) is 12.4. The van der Waals surface area contributed by atoms with Crippen molar-refractivity contribution in [3.8, 4) is 17.6 Å². The van der Waals surface area contributed by atoms with Crippen LogP contribution in [0.25, 0.3) is 6.08 Å². The molecule has 1 aliphatic rings. The Labute approximate surface area is 106 Å². The van der Waals surface area contributed by atoms with E-state index in [0.29, 0.717) is 5.75 Å². The summed E-state index contributed by atoms with van der Waals surface area (Å²) in [7, 11) is 0. The van der Waals surface area contributed by atoms with Gasteiger partial charge >= 0.3 is 0 Å². The number of nitro benzene ring substituents is 1. The third kappa shape index (κ3) is 2.30. The highest BCUT2D eigenvalue weighted by Crippen LogP contribution is 2.38. The molecule has 8 nitrogen and oxygen atoms in total. The normalized spacial score (nSPS) is 12.9. The Hall–Kier alpha value is -3.08. The van der Waals surface area contributed by atoms with Crippen LogP contribution >= 0.6 is 0 Å². The quantitative estimate of drug-likeness (QED) is 0.369. The molecule has 0 atom stereocenters. The number of rotatable bonds is 3. The number of fused-ring (bicyclic) bond motifs is 1. The molecule has 1 aromatic carbocycles. The van der Waals surface area contributed by atoms with Crippen LogP contribution in [0.4, 0.5) is 5.69 Å². The van der Waals surface area contributed by atoms with Crippen LogP contribution in [0, 0.1) is 21.4 Å². The van der Waals surface area contributed by atoms with E-state index < -0.39 is 10.8 Å². The summed E-state index contributed by atoms with van der Waals surface area (Å²) in [4.78, 5) is 21.2. The molecule has 2 N–H and O–H groups in total. The second-order valence-corrected chi connectivity index (χ2v) is 3.56. The molecule has 0 unspecified atom stereocenters. The molecule has 96 valence electrons. The Morgan fingerprint density at radius 2 is 2.11 bits per heavy atom. The molecule has 0 aromatic heterocycles. The summed E-state index contributed by atoms with van der Waals surface area (Å²) in [6.07, 6.45) is 1.04. The zero-order valence-corrected chi connectivity index (χ0v) is 9.45. The Morgan fingerprint density at radius 1 is 1.47 bits per heavy atom. The van der Waals surface area contributed by atoms with Crippen molar-refractivity contribution in [2.24, 2.45) is 5.73 Å². The lowest BCUT2D eigenvalue weighted by Gasteiger charge is -2.01. The average Bonchev–Trinajstić information content (AvgIpc) is 2.81. The largest absolute Gasteiger partial charge is 0.454 e. The van der Waals surface area contributed by atoms with E-state index in [0.717, 1.165) is 6.08 Å². The van der Waals surface area contributed by atoms with Crippen LogP contribution in [-0.4, -0.2) is 17.6 Å². The summed E-state index contributed by atoms with van der Waals surface area (Å²) < 4.78 is 10.1. The molecule has 0 bridgehead atoms. The van der Waals surface area contributed by atoms with Crippen molar-refractivity contribution >= 4 is 17.7 Å². The Kier molecular flexibility index (Phi) is 3.03. The SMILES string of the molecule is N#C/C(=C/c1cc2c(cc1[N+](=O)[O-])OCO2)C(N)=O. The highest BCUT2D eigenvalue weighted by molar-refractivity contribution is 6.01. The lowest BCUT2D eigenvalue weighted by molar-refractivity contribution is -0.385. The van der Waals surface area contributed by atoms with Gasteiger partial charge in [-0.15, -0.1) is 0 Å². The van der Waals surface area contributed by atoms with Crippen molar-refractivity contribution in [1.29, 1.82) is 5.26 Å². The second kappa shape index (κ2) is 4.66. The van der Waals surface area contributed by atoms with E-state index in [9.17, 15) is 14.9 Å². The van der Waals surface area contributed by atoms with Crippen molar-refractivity contribution in [3.05, 3.63) is 33.4 Å². The maximum atomic E-state index is 11.0. The van der Waals surface area contributed by atoms with Gasteiger partial charge in [0, 0.05) is 0 Å². The zero-order valence-electron chi connectivity index (χ0n) is 9.45. The van der Waals surface area contributed by atoms with Crippen LogP contribution in [-0.2, 0) is 4.79 Å². The first-order chi connectivity index (χ1) is 9.02. The first-order valence-corrected chi connectivity index (χ1v) is 5.02.